The third-order valence-electron chi connectivity index (χ3n) is 2.55. The summed E-state index contributed by atoms with van der Waals surface area (Å²) in [6.07, 6.45) is 3.39. The number of aryl methyl sites for hydroxylation is 1. The second-order valence-electron chi connectivity index (χ2n) is 3.56. The summed E-state index contributed by atoms with van der Waals surface area (Å²) in [4.78, 5) is 19.6. The molecular weight excluding hydrogens is 222 g/mol. The Morgan fingerprint density at radius 3 is 3.12 bits per heavy atom. The van der Waals surface area contributed by atoms with Gasteiger partial charge in [-0.05, 0) is 11.4 Å². The maximum absolute atomic E-state index is 11.7. The lowest BCUT2D eigenvalue weighted by Gasteiger charge is -1.92. The van der Waals surface area contributed by atoms with Gasteiger partial charge in [0.15, 0.2) is 0 Å². The van der Waals surface area contributed by atoms with Crippen molar-refractivity contribution in [2.75, 3.05) is 0 Å². The lowest BCUT2D eigenvalue weighted by Crippen LogP contribution is -2.08. The van der Waals surface area contributed by atoms with Gasteiger partial charge in [0.2, 0.25) is 0 Å². The van der Waals surface area contributed by atoms with Crippen LogP contribution < -0.4 is 5.56 Å². The molecule has 0 aliphatic carbocycles. The van der Waals surface area contributed by atoms with E-state index < -0.39 is 0 Å². The Balaban J connectivity index is 2.44. The predicted octanol–water partition coefficient (Wildman–Crippen LogP) is 1.99. The lowest BCUT2D eigenvalue weighted by atomic mass is 10.2. The fraction of sp³-hybridized carbons (Fsp3) is 0.0909. The number of rotatable bonds is 1. The summed E-state index contributed by atoms with van der Waals surface area (Å²) < 4.78 is 1.82. The van der Waals surface area contributed by atoms with Crippen LogP contribution in [0.4, 0.5) is 0 Å². The highest BCUT2D eigenvalue weighted by Gasteiger charge is 2.12. The van der Waals surface area contributed by atoms with Crippen LogP contribution >= 0.6 is 11.3 Å². The standard InChI is InChI=1S/C11H9N3OS/c1-14-5-7(8-3-2-4-16-8)9-10(14)11(15)13-6-12-9/h2-6H,1H3,(H,12,13,15). The molecule has 0 aliphatic rings. The molecule has 4 nitrogen and oxygen atoms in total. The van der Waals surface area contributed by atoms with E-state index in [1.54, 1.807) is 11.3 Å². The fourth-order valence-corrected chi connectivity index (χ4v) is 2.59. The van der Waals surface area contributed by atoms with E-state index in [2.05, 4.69) is 9.97 Å². The quantitative estimate of drug-likeness (QED) is 0.696. The zero-order valence-corrected chi connectivity index (χ0v) is 9.41. The van der Waals surface area contributed by atoms with Gasteiger partial charge in [0.1, 0.15) is 11.0 Å². The van der Waals surface area contributed by atoms with Crippen molar-refractivity contribution >= 4 is 22.4 Å². The van der Waals surface area contributed by atoms with E-state index in [4.69, 9.17) is 0 Å². The number of nitrogens with zero attached hydrogens (tertiary/aromatic N) is 2. The lowest BCUT2D eigenvalue weighted by molar-refractivity contribution is 0.954. The molecule has 3 heterocycles. The minimum absolute atomic E-state index is 0.102. The van der Waals surface area contributed by atoms with Crippen molar-refractivity contribution < 1.29 is 0 Å². The Hall–Kier alpha value is -1.88. The minimum Gasteiger partial charge on any atom is -0.344 e. The van der Waals surface area contributed by atoms with E-state index in [0.29, 0.717) is 5.52 Å². The number of hydrogen-bond donors (Lipinski definition) is 1. The first-order chi connectivity index (χ1) is 7.77. The molecule has 3 aromatic heterocycles. The summed E-state index contributed by atoms with van der Waals surface area (Å²) in [6, 6.07) is 4.02. The fourth-order valence-electron chi connectivity index (χ4n) is 1.85. The summed E-state index contributed by atoms with van der Waals surface area (Å²) in [5, 5.41) is 2.02. The van der Waals surface area contributed by atoms with Gasteiger partial charge >= 0.3 is 0 Å². The molecule has 0 radical (unpaired) electrons. The van der Waals surface area contributed by atoms with E-state index in [1.807, 2.05) is 35.3 Å². The summed E-state index contributed by atoms with van der Waals surface area (Å²) in [6.45, 7) is 0. The van der Waals surface area contributed by atoms with Crippen LogP contribution in [-0.2, 0) is 7.05 Å². The first kappa shape index (κ1) is 9.35. The van der Waals surface area contributed by atoms with Crippen LogP contribution in [0.25, 0.3) is 21.5 Å². The number of hydrogen-bond acceptors (Lipinski definition) is 3. The van der Waals surface area contributed by atoms with Crippen LogP contribution in [-0.4, -0.2) is 14.5 Å². The molecule has 3 rings (SSSR count). The van der Waals surface area contributed by atoms with Gasteiger partial charge in [0.05, 0.1) is 6.33 Å². The number of nitrogens with one attached hydrogen (secondary N) is 1. The normalized spacial score (nSPS) is 11.1. The summed E-state index contributed by atoms with van der Waals surface area (Å²) >= 11 is 1.64. The number of thiophene rings is 1. The smallest absolute Gasteiger partial charge is 0.275 e. The highest BCUT2D eigenvalue weighted by Crippen LogP contribution is 2.30. The number of aromatic amines is 1. The van der Waals surface area contributed by atoms with Crippen molar-refractivity contribution in [3.05, 3.63) is 40.4 Å². The summed E-state index contributed by atoms with van der Waals surface area (Å²) in [5.41, 5.74) is 2.29. The van der Waals surface area contributed by atoms with Crippen LogP contribution in [0, 0.1) is 0 Å². The highest BCUT2D eigenvalue weighted by atomic mass is 32.1. The maximum atomic E-state index is 11.7. The van der Waals surface area contributed by atoms with Crippen LogP contribution in [0.3, 0.4) is 0 Å². The Bertz CT molecular complexity index is 694. The van der Waals surface area contributed by atoms with Crippen LogP contribution in [0.5, 0.6) is 0 Å². The molecule has 0 saturated carbocycles. The van der Waals surface area contributed by atoms with Crippen molar-refractivity contribution in [3.8, 4) is 10.4 Å². The minimum atomic E-state index is -0.102. The van der Waals surface area contributed by atoms with Gasteiger partial charge in [-0.3, -0.25) is 4.79 Å². The van der Waals surface area contributed by atoms with Gasteiger partial charge in [-0.15, -0.1) is 11.3 Å². The van der Waals surface area contributed by atoms with Gasteiger partial charge < -0.3 is 9.55 Å². The third-order valence-corrected chi connectivity index (χ3v) is 3.45. The number of fused-ring (bicyclic) bond motifs is 1. The van der Waals surface area contributed by atoms with Crippen molar-refractivity contribution in [3.63, 3.8) is 0 Å². The van der Waals surface area contributed by atoms with Gasteiger partial charge in [0.25, 0.3) is 5.56 Å². The van der Waals surface area contributed by atoms with E-state index >= 15 is 0 Å². The van der Waals surface area contributed by atoms with Crippen LogP contribution in [0.15, 0.2) is 34.8 Å². The van der Waals surface area contributed by atoms with E-state index in [1.165, 1.54) is 6.33 Å². The van der Waals surface area contributed by atoms with Gasteiger partial charge in [-0.25, -0.2) is 4.98 Å². The van der Waals surface area contributed by atoms with Crippen molar-refractivity contribution in [1.82, 2.24) is 14.5 Å². The molecule has 0 unspecified atom stereocenters. The Morgan fingerprint density at radius 1 is 1.50 bits per heavy atom. The molecule has 0 saturated heterocycles. The molecular formula is C11H9N3OS. The van der Waals surface area contributed by atoms with E-state index in [-0.39, 0.29) is 5.56 Å². The number of aromatic nitrogens is 3. The molecule has 3 aromatic rings. The monoisotopic (exact) mass is 231 g/mol. The number of H-pyrrole nitrogens is 1. The van der Waals surface area contributed by atoms with Crippen LogP contribution in [0.2, 0.25) is 0 Å². The SMILES string of the molecule is Cn1cc(-c2cccs2)c2nc[nH]c(=O)c21. The second kappa shape index (κ2) is 3.31. The molecule has 0 amide bonds. The summed E-state index contributed by atoms with van der Waals surface area (Å²) in [5.74, 6) is 0. The van der Waals surface area contributed by atoms with Gasteiger partial charge in [-0.2, -0.15) is 0 Å². The zero-order valence-electron chi connectivity index (χ0n) is 8.60. The van der Waals surface area contributed by atoms with E-state index in [0.717, 1.165) is 16.0 Å². The molecule has 80 valence electrons. The zero-order chi connectivity index (χ0) is 11.1. The molecule has 0 atom stereocenters. The first-order valence-corrected chi connectivity index (χ1v) is 5.72. The van der Waals surface area contributed by atoms with Gasteiger partial charge in [-0.1, -0.05) is 6.07 Å². The molecule has 0 fully saturated rings. The molecule has 0 bridgehead atoms. The Morgan fingerprint density at radius 2 is 2.38 bits per heavy atom. The topological polar surface area (TPSA) is 50.7 Å². The van der Waals surface area contributed by atoms with E-state index in [9.17, 15) is 4.79 Å². The van der Waals surface area contributed by atoms with Crippen LogP contribution in [0.1, 0.15) is 0 Å². The second-order valence-corrected chi connectivity index (χ2v) is 4.51. The molecule has 16 heavy (non-hydrogen) atoms. The average molecular weight is 231 g/mol. The molecule has 1 N–H and O–H groups in total. The van der Waals surface area contributed by atoms with Crippen molar-refractivity contribution in [2.45, 2.75) is 0 Å². The first-order valence-electron chi connectivity index (χ1n) is 4.84. The third kappa shape index (κ3) is 1.22. The van der Waals surface area contributed by atoms with Crippen molar-refractivity contribution in [1.29, 1.82) is 0 Å². The van der Waals surface area contributed by atoms with Gasteiger partial charge in [0, 0.05) is 23.7 Å². The Kier molecular flexibility index (Phi) is 1.94. The Labute approximate surface area is 95.2 Å². The highest BCUT2D eigenvalue weighted by molar-refractivity contribution is 7.13. The summed E-state index contributed by atoms with van der Waals surface area (Å²) in [7, 11) is 1.86. The molecule has 0 aromatic carbocycles. The maximum Gasteiger partial charge on any atom is 0.275 e. The molecule has 0 aliphatic heterocycles. The molecule has 5 heteroatoms. The predicted molar refractivity (Wildman–Crippen MR) is 64.6 cm³/mol. The largest absolute Gasteiger partial charge is 0.344 e. The average Bonchev–Trinajstić information content (AvgIpc) is 2.86. The van der Waals surface area contributed by atoms with Crippen molar-refractivity contribution in [2.24, 2.45) is 7.05 Å². The molecule has 0 spiro atoms.